The van der Waals surface area contributed by atoms with Crippen LogP contribution in [0.15, 0.2) is 30.5 Å². The summed E-state index contributed by atoms with van der Waals surface area (Å²) in [7, 11) is 0. The van der Waals surface area contributed by atoms with Crippen molar-refractivity contribution in [2.45, 2.75) is 64.0 Å². The number of rotatable bonds is 4. The molecule has 1 amide bonds. The van der Waals surface area contributed by atoms with E-state index in [0.717, 1.165) is 62.9 Å². The second-order valence-corrected chi connectivity index (χ2v) is 9.44. The fourth-order valence-electron chi connectivity index (χ4n) is 5.52. The summed E-state index contributed by atoms with van der Waals surface area (Å²) in [6.07, 6.45) is 11.1. The lowest BCUT2D eigenvalue weighted by Crippen LogP contribution is -2.48. The van der Waals surface area contributed by atoms with Crippen molar-refractivity contribution in [1.82, 2.24) is 14.8 Å². The van der Waals surface area contributed by atoms with E-state index in [4.69, 9.17) is 0 Å². The molecule has 0 unspecified atom stereocenters. The molecule has 0 spiro atoms. The van der Waals surface area contributed by atoms with E-state index in [0.29, 0.717) is 29.2 Å². The van der Waals surface area contributed by atoms with Gasteiger partial charge in [0.25, 0.3) is 0 Å². The van der Waals surface area contributed by atoms with E-state index in [-0.39, 0.29) is 5.82 Å². The zero-order chi connectivity index (χ0) is 20.5. The van der Waals surface area contributed by atoms with Gasteiger partial charge in [0.05, 0.1) is 5.52 Å². The maximum absolute atomic E-state index is 14.1. The van der Waals surface area contributed by atoms with Crippen molar-refractivity contribution in [2.75, 3.05) is 19.6 Å². The number of hydrogen-bond donors (Lipinski definition) is 0. The smallest absolute Gasteiger partial charge is 0.225 e. The van der Waals surface area contributed by atoms with Crippen molar-refractivity contribution < 1.29 is 9.18 Å². The molecule has 2 aromatic rings. The maximum atomic E-state index is 14.1. The number of amides is 1. The molecule has 1 saturated carbocycles. The van der Waals surface area contributed by atoms with Gasteiger partial charge in [0, 0.05) is 36.6 Å². The summed E-state index contributed by atoms with van der Waals surface area (Å²) >= 11 is 0. The highest BCUT2D eigenvalue weighted by atomic mass is 19.1. The number of benzene rings is 1. The molecule has 1 aromatic heterocycles. The summed E-state index contributed by atoms with van der Waals surface area (Å²) in [5.74, 6) is 1.18. The average molecular weight is 410 g/mol. The van der Waals surface area contributed by atoms with Gasteiger partial charge in [-0.15, -0.1) is 0 Å². The number of carbonyl (C=O) groups excluding carboxylic acids is 1. The number of halogens is 1. The Bertz CT molecular complexity index is 904. The molecule has 1 aliphatic carbocycles. The monoisotopic (exact) mass is 409 g/mol. The zero-order valence-corrected chi connectivity index (χ0v) is 17.7. The summed E-state index contributed by atoms with van der Waals surface area (Å²) in [6, 6.07) is 7.50. The fraction of sp³-hybridized carbons (Fsp3) is 0.600. The first kappa shape index (κ1) is 19.9. The van der Waals surface area contributed by atoms with Crippen LogP contribution < -0.4 is 0 Å². The third-order valence-electron chi connectivity index (χ3n) is 7.38. The number of piperidine rings is 1. The summed E-state index contributed by atoms with van der Waals surface area (Å²) in [5.41, 5.74) is 1.88. The molecule has 3 aliphatic rings. The van der Waals surface area contributed by atoms with E-state index < -0.39 is 0 Å². The van der Waals surface area contributed by atoms with Gasteiger partial charge in [-0.3, -0.25) is 14.7 Å². The van der Waals surface area contributed by atoms with Crippen LogP contribution in [-0.4, -0.2) is 46.4 Å². The van der Waals surface area contributed by atoms with Crippen molar-refractivity contribution in [2.24, 2.45) is 11.8 Å². The van der Waals surface area contributed by atoms with Crippen LogP contribution in [0.3, 0.4) is 0 Å². The summed E-state index contributed by atoms with van der Waals surface area (Å²) in [5, 5.41) is 0.609. The van der Waals surface area contributed by atoms with Gasteiger partial charge in [0.15, 0.2) is 0 Å². The predicted molar refractivity (Wildman–Crippen MR) is 116 cm³/mol. The van der Waals surface area contributed by atoms with E-state index >= 15 is 0 Å². The molecule has 160 valence electrons. The lowest BCUT2D eigenvalue weighted by Gasteiger charge is -2.41. The molecule has 5 rings (SSSR count). The van der Waals surface area contributed by atoms with E-state index in [1.165, 1.54) is 25.7 Å². The highest BCUT2D eigenvalue weighted by molar-refractivity contribution is 5.82. The number of aromatic nitrogens is 1. The molecule has 5 heteroatoms. The molecule has 0 bridgehead atoms. The molecule has 4 nitrogen and oxygen atoms in total. The van der Waals surface area contributed by atoms with E-state index in [1.54, 1.807) is 18.3 Å². The van der Waals surface area contributed by atoms with Gasteiger partial charge in [0.1, 0.15) is 5.82 Å². The van der Waals surface area contributed by atoms with Crippen LogP contribution in [0.25, 0.3) is 10.9 Å². The normalized spacial score (nSPS) is 24.2. The number of fused-ring (bicyclic) bond motifs is 1. The molecular weight excluding hydrogens is 377 g/mol. The zero-order valence-electron chi connectivity index (χ0n) is 17.7. The summed E-state index contributed by atoms with van der Waals surface area (Å²) < 4.78 is 14.1. The maximum Gasteiger partial charge on any atom is 0.225 e. The minimum Gasteiger partial charge on any atom is -0.339 e. The van der Waals surface area contributed by atoms with Crippen molar-refractivity contribution in [1.29, 1.82) is 0 Å². The first-order chi connectivity index (χ1) is 14.7. The first-order valence-corrected chi connectivity index (χ1v) is 11.8. The molecular formula is C25H32FN3O. The Labute approximate surface area is 178 Å². The van der Waals surface area contributed by atoms with Gasteiger partial charge in [0.2, 0.25) is 5.91 Å². The highest BCUT2D eigenvalue weighted by Gasteiger charge is 2.39. The van der Waals surface area contributed by atoms with Crippen molar-refractivity contribution in [3.63, 3.8) is 0 Å². The molecule has 2 saturated heterocycles. The SMILES string of the molecule is O=C(C1CC1)N1CCCCC[C@@H]1C1CCN(Cc2ccc(F)c3cccnc23)CC1. The summed E-state index contributed by atoms with van der Waals surface area (Å²) in [4.78, 5) is 22.1. The first-order valence-electron chi connectivity index (χ1n) is 11.8. The predicted octanol–water partition coefficient (Wildman–Crippen LogP) is 4.77. The van der Waals surface area contributed by atoms with Crippen molar-refractivity contribution >= 4 is 16.8 Å². The molecule has 0 N–H and O–H groups in total. The largest absolute Gasteiger partial charge is 0.339 e. The molecule has 3 heterocycles. The van der Waals surface area contributed by atoms with E-state index in [9.17, 15) is 9.18 Å². The minimum absolute atomic E-state index is 0.200. The standard InChI is InChI=1S/C25H32FN3O/c26-22-10-9-20(24-21(22)5-4-13-27-24)17-28-15-11-18(12-16-28)23-6-2-1-3-14-29(23)25(30)19-7-8-19/h4-5,9-10,13,18-19,23H,1-3,6-8,11-12,14-17H2/t23-/m1/s1. The van der Waals surface area contributed by atoms with Crippen LogP contribution in [0.1, 0.15) is 56.9 Å². The summed E-state index contributed by atoms with van der Waals surface area (Å²) in [6.45, 7) is 3.86. The third-order valence-corrected chi connectivity index (χ3v) is 7.38. The second-order valence-electron chi connectivity index (χ2n) is 9.44. The quantitative estimate of drug-likeness (QED) is 0.730. The topological polar surface area (TPSA) is 36.4 Å². The number of likely N-dealkylation sites (tertiary alicyclic amines) is 2. The van der Waals surface area contributed by atoms with Crippen LogP contribution in [0, 0.1) is 17.7 Å². The Balaban J connectivity index is 1.25. The van der Waals surface area contributed by atoms with Gasteiger partial charge in [-0.1, -0.05) is 18.9 Å². The molecule has 2 aliphatic heterocycles. The highest BCUT2D eigenvalue weighted by Crippen LogP contribution is 2.36. The van der Waals surface area contributed by atoms with E-state index in [2.05, 4.69) is 14.8 Å². The Morgan fingerprint density at radius 3 is 2.63 bits per heavy atom. The third kappa shape index (κ3) is 4.09. The lowest BCUT2D eigenvalue weighted by molar-refractivity contribution is -0.136. The Morgan fingerprint density at radius 2 is 1.83 bits per heavy atom. The van der Waals surface area contributed by atoms with Crippen LogP contribution in [0.2, 0.25) is 0 Å². The Hall–Kier alpha value is -2.01. The number of hydrogen-bond acceptors (Lipinski definition) is 3. The van der Waals surface area contributed by atoms with Gasteiger partial charge in [-0.2, -0.15) is 0 Å². The fourth-order valence-corrected chi connectivity index (χ4v) is 5.52. The molecule has 0 radical (unpaired) electrons. The number of nitrogens with zero attached hydrogens (tertiary/aromatic N) is 3. The van der Waals surface area contributed by atoms with Crippen LogP contribution in [0.5, 0.6) is 0 Å². The molecule has 3 fully saturated rings. The van der Waals surface area contributed by atoms with Crippen molar-refractivity contribution in [3.05, 3.63) is 41.8 Å². The number of carbonyl (C=O) groups is 1. The van der Waals surface area contributed by atoms with Gasteiger partial charge in [-0.25, -0.2) is 4.39 Å². The Kier molecular flexibility index (Phi) is 5.72. The van der Waals surface area contributed by atoms with Crippen LogP contribution in [-0.2, 0) is 11.3 Å². The number of pyridine rings is 1. The van der Waals surface area contributed by atoms with Gasteiger partial charge in [-0.05, 0) is 81.3 Å². The van der Waals surface area contributed by atoms with Gasteiger partial charge >= 0.3 is 0 Å². The van der Waals surface area contributed by atoms with Gasteiger partial charge < -0.3 is 4.90 Å². The second kappa shape index (κ2) is 8.62. The van der Waals surface area contributed by atoms with E-state index in [1.807, 2.05) is 12.1 Å². The van der Waals surface area contributed by atoms with Crippen molar-refractivity contribution in [3.8, 4) is 0 Å². The van der Waals surface area contributed by atoms with Crippen LogP contribution >= 0.6 is 0 Å². The molecule has 30 heavy (non-hydrogen) atoms. The molecule has 1 aromatic carbocycles. The molecule has 1 atom stereocenters. The minimum atomic E-state index is -0.200. The Morgan fingerprint density at radius 1 is 1.00 bits per heavy atom. The van der Waals surface area contributed by atoms with Crippen LogP contribution in [0.4, 0.5) is 4.39 Å². The lowest BCUT2D eigenvalue weighted by atomic mass is 9.85. The average Bonchev–Trinajstić information content (AvgIpc) is 3.63.